The number of nitrogens with one attached hydrogen (secondary N) is 1. The summed E-state index contributed by atoms with van der Waals surface area (Å²) >= 11 is 3.64. The van der Waals surface area contributed by atoms with Crippen molar-refractivity contribution < 1.29 is 4.74 Å². The van der Waals surface area contributed by atoms with E-state index in [0.29, 0.717) is 0 Å². The molecule has 140 valence electrons. The molecule has 27 heavy (non-hydrogen) atoms. The number of nitrogens with zero attached hydrogens (tertiary/aromatic N) is 2. The highest BCUT2D eigenvalue weighted by atomic mass is 79.9. The Kier molecular flexibility index (Phi) is 5.60. The summed E-state index contributed by atoms with van der Waals surface area (Å²) in [6.07, 6.45) is 2.01. The molecule has 0 fully saturated rings. The average Bonchev–Trinajstić information content (AvgIpc) is 3.11. The van der Waals surface area contributed by atoms with Gasteiger partial charge in [-0.25, -0.2) is 0 Å². The van der Waals surface area contributed by atoms with Gasteiger partial charge >= 0.3 is 0 Å². The summed E-state index contributed by atoms with van der Waals surface area (Å²) in [5.74, 6) is 0.885. The maximum absolute atomic E-state index is 5.77. The Labute approximate surface area is 168 Å². The van der Waals surface area contributed by atoms with Crippen molar-refractivity contribution in [2.45, 2.75) is 32.9 Å². The first kappa shape index (κ1) is 18.3. The fraction of sp³-hybridized carbons (Fsp3) is 0.318. The van der Waals surface area contributed by atoms with Gasteiger partial charge in [0.25, 0.3) is 0 Å². The fourth-order valence-electron chi connectivity index (χ4n) is 3.54. The number of halogens is 1. The van der Waals surface area contributed by atoms with Gasteiger partial charge in [-0.15, -0.1) is 0 Å². The van der Waals surface area contributed by atoms with Gasteiger partial charge in [0.1, 0.15) is 5.75 Å². The predicted molar refractivity (Wildman–Crippen MR) is 112 cm³/mol. The molecule has 1 aliphatic heterocycles. The third-order valence-corrected chi connectivity index (χ3v) is 5.55. The largest absolute Gasteiger partial charge is 0.492 e. The van der Waals surface area contributed by atoms with Gasteiger partial charge in [-0.1, -0.05) is 37.3 Å². The Morgan fingerprint density at radius 1 is 1.19 bits per heavy atom. The first-order valence-corrected chi connectivity index (χ1v) is 10.3. The number of aromatic nitrogens is 2. The third kappa shape index (κ3) is 4.09. The summed E-state index contributed by atoms with van der Waals surface area (Å²) < 4.78 is 6.75. The summed E-state index contributed by atoms with van der Waals surface area (Å²) in [7, 11) is 0. The monoisotopic (exact) mass is 425 g/mol. The highest BCUT2D eigenvalue weighted by Gasteiger charge is 2.23. The fourth-order valence-corrected chi connectivity index (χ4v) is 4.04. The van der Waals surface area contributed by atoms with Crippen LogP contribution in [0, 0.1) is 0 Å². The van der Waals surface area contributed by atoms with Gasteiger partial charge in [0, 0.05) is 42.9 Å². The maximum Gasteiger partial charge on any atom is 0.133 e. The van der Waals surface area contributed by atoms with E-state index in [1.54, 1.807) is 0 Å². The molecule has 3 aromatic rings. The van der Waals surface area contributed by atoms with E-state index >= 15 is 0 Å². The second kappa shape index (κ2) is 8.28. The number of ether oxygens (including phenoxy) is 1. The van der Waals surface area contributed by atoms with Gasteiger partial charge in [0.15, 0.2) is 0 Å². The van der Waals surface area contributed by atoms with Crippen molar-refractivity contribution in [1.82, 2.24) is 15.1 Å². The van der Waals surface area contributed by atoms with Crippen LogP contribution >= 0.6 is 15.9 Å². The van der Waals surface area contributed by atoms with Crippen molar-refractivity contribution in [3.63, 3.8) is 0 Å². The summed E-state index contributed by atoms with van der Waals surface area (Å²) in [6, 6.07) is 16.9. The Hall–Kier alpha value is -2.11. The van der Waals surface area contributed by atoms with Crippen LogP contribution in [0.1, 0.15) is 30.2 Å². The summed E-state index contributed by atoms with van der Waals surface area (Å²) in [6.45, 7) is 5.78. The van der Waals surface area contributed by atoms with E-state index in [2.05, 4.69) is 80.4 Å². The van der Waals surface area contributed by atoms with Gasteiger partial charge in [0.05, 0.1) is 16.8 Å². The van der Waals surface area contributed by atoms with Gasteiger partial charge in [-0.3, -0.25) is 10.00 Å². The highest BCUT2D eigenvalue weighted by Crippen LogP contribution is 2.34. The second-order valence-corrected chi connectivity index (χ2v) is 7.82. The summed E-state index contributed by atoms with van der Waals surface area (Å²) in [4.78, 5) is 2.49. The number of rotatable bonds is 6. The van der Waals surface area contributed by atoms with Gasteiger partial charge in [-0.2, -0.15) is 5.10 Å². The van der Waals surface area contributed by atoms with E-state index in [4.69, 9.17) is 4.74 Å². The molecule has 0 saturated heterocycles. The van der Waals surface area contributed by atoms with Crippen LogP contribution in [-0.2, 0) is 19.5 Å². The zero-order valence-electron chi connectivity index (χ0n) is 15.5. The highest BCUT2D eigenvalue weighted by molar-refractivity contribution is 9.10. The van der Waals surface area contributed by atoms with E-state index in [9.17, 15) is 0 Å². The Morgan fingerprint density at radius 3 is 2.81 bits per heavy atom. The van der Waals surface area contributed by atoms with E-state index < -0.39 is 0 Å². The SMILES string of the molecule is CCCOc1ccc(-c2n[nH]c3c2CN(Cc2ccccc2)CC3)cc1Br. The van der Waals surface area contributed by atoms with Crippen LogP contribution in [0.15, 0.2) is 53.0 Å². The topological polar surface area (TPSA) is 41.1 Å². The molecule has 4 nitrogen and oxygen atoms in total. The van der Waals surface area contributed by atoms with E-state index in [1.807, 2.05) is 6.07 Å². The molecule has 2 aromatic carbocycles. The van der Waals surface area contributed by atoms with Crippen LogP contribution in [0.25, 0.3) is 11.3 Å². The van der Waals surface area contributed by atoms with Crippen molar-refractivity contribution in [2.24, 2.45) is 0 Å². The van der Waals surface area contributed by atoms with Gasteiger partial charge < -0.3 is 4.74 Å². The molecular weight excluding hydrogens is 402 g/mol. The lowest BCUT2D eigenvalue weighted by molar-refractivity contribution is 0.245. The quantitative estimate of drug-likeness (QED) is 0.590. The predicted octanol–water partition coefficient (Wildman–Crippen LogP) is 5.19. The number of hydrogen-bond donors (Lipinski definition) is 1. The molecule has 0 aliphatic carbocycles. The molecular formula is C22H24BrN3O. The van der Waals surface area contributed by atoms with Crippen LogP contribution in [-0.4, -0.2) is 28.2 Å². The summed E-state index contributed by atoms with van der Waals surface area (Å²) in [5, 5.41) is 7.88. The number of hydrogen-bond acceptors (Lipinski definition) is 3. The zero-order valence-corrected chi connectivity index (χ0v) is 17.1. The average molecular weight is 426 g/mol. The number of fused-ring (bicyclic) bond motifs is 1. The molecule has 4 rings (SSSR count). The molecule has 5 heteroatoms. The molecule has 2 heterocycles. The molecule has 1 aliphatic rings. The molecule has 0 spiro atoms. The smallest absolute Gasteiger partial charge is 0.133 e. The van der Waals surface area contributed by atoms with E-state index in [-0.39, 0.29) is 0 Å². The van der Waals surface area contributed by atoms with Crippen LogP contribution in [0.2, 0.25) is 0 Å². The van der Waals surface area contributed by atoms with Crippen LogP contribution in [0.5, 0.6) is 5.75 Å². The molecule has 1 N–H and O–H groups in total. The maximum atomic E-state index is 5.77. The van der Waals surface area contributed by atoms with Gasteiger partial charge in [0.2, 0.25) is 0 Å². The van der Waals surface area contributed by atoms with Gasteiger partial charge in [-0.05, 0) is 46.1 Å². The molecule has 0 saturated carbocycles. The number of H-pyrrole nitrogens is 1. The Balaban J connectivity index is 1.55. The van der Waals surface area contributed by atoms with Crippen molar-refractivity contribution in [1.29, 1.82) is 0 Å². The van der Waals surface area contributed by atoms with E-state index in [0.717, 1.165) is 60.6 Å². The first-order chi connectivity index (χ1) is 13.2. The van der Waals surface area contributed by atoms with Crippen molar-refractivity contribution >= 4 is 15.9 Å². The van der Waals surface area contributed by atoms with E-state index in [1.165, 1.54) is 16.8 Å². The normalized spacial score (nSPS) is 14.1. The third-order valence-electron chi connectivity index (χ3n) is 4.93. The lowest BCUT2D eigenvalue weighted by Gasteiger charge is -2.27. The molecule has 0 bridgehead atoms. The van der Waals surface area contributed by atoms with Crippen LogP contribution in [0.3, 0.4) is 0 Å². The lowest BCUT2D eigenvalue weighted by atomic mass is 10.0. The first-order valence-electron chi connectivity index (χ1n) is 9.49. The molecule has 1 aromatic heterocycles. The van der Waals surface area contributed by atoms with Crippen LogP contribution in [0.4, 0.5) is 0 Å². The minimum Gasteiger partial charge on any atom is -0.492 e. The molecule has 0 amide bonds. The zero-order chi connectivity index (χ0) is 18.6. The van der Waals surface area contributed by atoms with Crippen molar-refractivity contribution in [3.8, 4) is 17.0 Å². The lowest BCUT2D eigenvalue weighted by Crippen LogP contribution is -2.29. The van der Waals surface area contributed by atoms with Crippen molar-refractivity contribution in [2.75, 3.05) is 13.2 Å². The Bertz CT molecular complexity index is 907. The Morgan fingerprint density at radius 2 is 2.04 bits per heavy atom. The minimum atomic E-state index is 0.726. The second-order valence-electron chi connectivity index (χ2n) is 6.97. The van der Waals surface area contributed by atoms with Crippen LogP contribution < -0.4 is 4.74 Å². The number of benzene rings is 2. The van der Waals surface area contributed by atoms with Crippen molar-refractivity contribution in [3.05, 3.63) is 69.8 Å². The summed E-state index contributed by atoms with van der Waals surface area (Å²) in [5.41, 5.74) is 6.09. The minimum absolute atomic E-state index is 0.726. The standard InChI is InChI=1S/C22H24BrN3O/c1-2-12-27-21-9-8-17(13-19(21)23)22-18-15-26(11-10-20(18)24-25-22)14-16-6-4-3-5-7-16/h3-9,13H,2,10-12,14-15H2,1H3,(H,24,25). The molecule has 0 atom stereocenters. The molecule has 0 radical (unpaired) electrons. The number of aromatic amines is 1. The molecule has 0 unspecified atom stereocenters.